The zero-order valence-corrected chi connectivity index (χ0v) is 11.4. The molecular weight excluding hydrogens is 226 g/mol. The predicted molar refractivity (Wildman–Crippen MR) is 71.3 cm³/mol. The summed E-state index contributed by atoms with van der Waals surface area (Å²) in [6, 6.07) is 4.46. The predicted octanol–water partition coefficient (Wildman–Crippen LogP) is 1.80. The first-order chi connectivity index (χ1) is 8.67. The minimum Gasteiger partial charge on any atom is -0.496 e. The number of ether oxygens (including phenoxy) is 2. The van der Waals surface area contributed by atoms with Gasteiger partial charge in [0, 0.05) is 18.7 Å². The summed E-state index contributed by atoms with van der Waals surface area (Å²) in [5, 5.41) is 3.37. The Hall–Kier alpha value is -1.06. The first kappa shape index (κ1) is 12.0. The summed E-state index contributed by atoms with van der Waals surface area (Å²) in [5.41, 5.74) is 4.14. The van der Waals surface area contributed by atoms with E-state index in [0.29, 0.717) is 5.92 Å². The zero-order chi connectivity index (χ0) is 12.8. The molecule has 98 valence electrons. The molecule has 0 aromatic heterocycles. The van der Waals surface area contributed by atoms with E-state index in [9.17, 15) is 0 Å². The van der Waals surface area contributed by atoms with Gasteiger partial charge < -0.3 is 14.8 Å². The van der Waals surface area contributed by atoms with Crippen LogP contribution >= 0.6 is 0 Å². The Morgan fingerprint density at radius 3 is 2.33 bits per heavy atom. The highest BCUT2D eigenvalue weighted by molar-refractivity contribution is 5.48. The van der Waals surface area contributed by atoms with Gasteiger partial charge in [-0.2, -0.15) is 0 Å². The van der Waals surface area contributed by atoms with Gasteiger partial charge in [0.2, 0.25) is 0 Å². The van der Waals surface area contributed by atoms with Gasteiger partial charge in [-0.25, -0.2) is 0 Å². The van der Waals surface area contributed by atoms with Gasteiger partial charge in [0.1, 0.15) is 5.75 Å². The Bertz CT molecular complexity index is 462. The number of nitrogens with one attached hydrogen (secondary N) is 1. The van der Waals surface area contributed by atoms with E-state index in [1.165, 1.54) is 16.7 Å². The van der Waals surface area contributed by atoms with Crippen molar-refractivity contribution in [1.82, 2.24) is 5.32 Å². The number of methoxy groups -OCH3 is 1. The maximum atomic E-state index is 5.61. The lowest BCUT2D eigenvalue weighted by atomic mass is 9.65. The van der Waals surface area contributed by atoms with Gasteiger partial charge >= 0.3 is 0 Å². The zero-order valence-electron chi connectivity index (χ0n) is 11.4. The second-order valence-electron chi connectivity index (χ2n) is 5.64. The fraction of sp³-hybridized carbons (Fsp3) is 0.600. The SMILES string of the molecule is COc1cc(C)c(C)cc1C1(C2CNC2)COC1. The second kappa shape index (κ2) is 4.25. The molecule has 0 saturated carbocycles. The van der Waals surface area contributed by atoms with Crippen molar-refractivity contribution >= 4 is 0 Å². The van der Waals surface area contributed by atoms with Crippen molar-refractivity contribution in [3.8, 4) is 5.75 Å². The molecule has 0 aliphatic carbocycles. The summed E-state index contributed by atoms with van der Waals surface area (Å²) in [5.74, 6) is 1.70. The third kappa shape index (κ3) is 1.57. The van der Waals surface area contributed by atoms with Crippen LogP contribution in [0.2, 0.25) is 0 Å². The fourth-order valence-corrected chi connectivity index (χ4v) is 2.96. The summed E-state index contributed by atoms with van der Waals surface area (Å²) >= 11 is 0. The highest BCUT2D eigenvalue weighted by Crippen LogP contribution is 2.45. The van der Waals surface area contributed by atoms with Crippen molar-refractivity contribution < 1.29 is 9.47 Å². The van der Waals surface area contributed by atoms with E-state index < -0.39 is 0 Å². The average molecular weight is 247 g/mol. The highest BCUT2D eigenvalue weighted by atomic mass is 16.5. The minimum absolute atomic E-state index is 0.176. The molecule has 2 heterocycles. The highest BCUT2D eigenvalue weighted by Gasteiger charge is 2.50. The summed E-state index contributed by atoms with van der Waals surface area (Å²) in [4.78, 5) is 0. The monoisotopic (exact) mass is 247 g/mol. The van der Waals surface area contributed by atoms with E-state index in [4.69, 9.17) is 9.47 Å². The first-order valence-corrected chi connectivity index (χ1v) is 6.61. The fourth-order valence-electron chi connectivity index (χ4n) is 2.96. The quantitative estimate of drug-likeness (QED) is 0.883. The summed E-state index contributed by atoms with van der Waals surface area (Å²) in [6.07, 6.45) is 0. The number of hydrogen-bond acceptors (Lipinski definition) is 3. The van der Waals surface area contributed by atoms with Gasteiger partial charge in [0.15, 0.2) is 0 Å². The minimum atomic E-state index is 0.176. The molecular formula is C15H21NO2. The molecule has 2 aliphatic heterocycles. The maximum Gasteiger partial charge on any atom is 0.123 e. The summed E-state index contributed by atoms with van der Waals surface area (Å²) in [7, 11) is 1.76. The molecule has 0 bridgehead atoms. The molecule has 1 aromatic carbocycles. The summed E-state index contributed by atoms with van der Waals surface area (Å²) in [6.45, 7) is 8.16. The molecule has 1 N–H and O–H groups in total. The van der Waals surface area contributed by atoms with Gasteiger partial charge in [-0.15, -0.1) is 0 Å². The largest absolute Gasteiger partial charge is 0.496 e. The van der Waals surface area contributed by atoms with Crippen molar-refractivity contribution in [1.29, 1.82) is 0 Å². The molecule has 1 aromatic rings. The maximum absolute atomic E-state index is 5.61. The third-order valence-electron chi connectivity index (χ3n) is 4.63. The van der Waals surface area contributed by atoms with Gasteiger partial charge in [-0.1, -0.05) is 6.07 Å². The van der Waals surface area contributed by atoms with Crippen LogP contribution in [0.15, 0.2) is 12.1 Å². The Kier molecular flexibility index (Phi) is 2.83. The van der Waals surface area contributed by atoms with E-state index >= 15 is 0 Å². The van der Waals surface area contributed by atoms with E-state index in [0.717, 1.165) is 32.1 Å². The molecule has 3 heteroatoms. The number of aryl methyl sites for hydroxylation is 2. The standard InChI is InChI=1S/C15H21NO2/c1-10-4-13(14(17-3)5-11(10)2)15(8-18-9-15)12-6-16-7-12/h4-5,12,16H,6-9H2,1-3H3. The van der Waals surface area contributed by atoms with E-state index in [2.05, 4.69) is 31.3 Å². The molecule has 3 nitrogen and oxygen atoms in total. The molecule has 0 atom stereocenters. The van der Waals surface area contributed by atoms with Gasteiger partial charge in [-0.3, -0.25) is 0 Å². The number of rotatable bonds is 3. The number of hydrogen-bond donors (Lipinski definition) is 1. The molecule has 0 spiro atoms. The molecule has 0 unspecified atom stereocenters. The molecule has 3 rings (SSSR count). The third-order valence-corrected chi connectivity index (χ3v) is 4.63. The van der Waals surface area contributed by atoms with Crippen molar-refractivity contribution in [3.05, 3.63) is 28.8 Å². The molecule has 2 aliphatic rings. The number of benzene rings is 1. The van der Waals surface area contributed by atoms with Crippen LogP contribution < -0.4 is 10.1 Å². The lowest BCUT2D eigenvalue weighted by molar-refractivity contribution is -0.102. The van der Waals surface area contributed by atoms with Crippen LogP contribution in [-0.2, 0) is 10.2 Å². The average Bonchev–Trinajstić information content (AvgIpc) is 2.24. The van der Waals surface area contributed by atoms with Crippen LogP contribution in [0.3, 0.4) is 0 Å². The van der Waals surface area contributed by atoms with Crippen molar-refractivity contribution in [2.75, 3.05) is 33.4 Å². The topological polar surface area (TPSA) is 30.5 Å². The second-order valence-corrected chi connectivity index (χ2v) is 5.64. The van der Waals surface area contributed by atoms with Gasteiger partial charge in [0.05, 0.1) is 25.7 Å². The Morgan fingerprint density at radius 2 is 1.89 bits per heavy atom. The van der Waals surface area contributed by atoms with Crippen molar-refractivity contribution in [2.24, 2.45) is 5.92 Å². The van der Waals surface area contributed by atoms with Crippen molar-refractivity contribution in [2.45, 2.75) is 19.3 Å². The van der Waals surface area contributed by atoms with Gasteiger partial charge in [0.25, 0.3) is 0 Å². The van der Waals surface area contributed by atoms with E-state index in [-0.39, 0.29) is 5.41 Å². The van der Waals surface area contributed by atoms with Crippen LogP contribution in [0.5, 0.6) is 5.75 Å². The van der Waals surface area contributed by atoms with Crippen LogP contribution in [-0.4, -0.2) is 33.4 Å². The van der Waals surface area contributed by atoms with E-state index in [1.54, 1.807) is 7.11 Å². The Balaban J connectivity index is 2.06. The van der Waals surface area contributed by atoms with E-state index in [1.807, 2.05) is 0 Å². The van der Waals surface area contributed by atoms with Crippen LogP contribution in [0, 0.1) is 19.8 Å². The molecule has 0 amide bonds. The van der Waals surface area contributed by atoms with Crippen LogP contribution in [0.4, 0.5) is 0 Å². The van der Waals surface area contributed by atoms with Crippen LogP contribution in [0.1, 0.15) is 16.7 Å². The molecule has 2 fully saturated rings. The molecule has 2 saturated heterocycles. The van der Waals surface area contributed by atoms with Crippen molar-refractivity contribution in [3.63, 3.8) is 0 Å². The first-order valence-electron chi connectivity index (χ1n) is 6.61. The lowest BCUT2D eigenvalue weighted by Crippen LogP contribution is -2.62. The molecule has 0 radical (unpaired) electrons. The Labute approximate surface area is 108 Å². The summed E-state index contributed by atoms with van der Waals surface area (Å²) < 4.78 is 11.1. The Morgan fingerprint density at radius 1 is 1.22 bits per heavy atom. The smallest absolute Gasteiger partial charge is 0.123 e. The van der Waals surface area contributed by atoms with Gasteiger partial charge in [-0.05, 0) is 37.0 Å². The lowest BCUT2D eigenvalue weighted by Gasteiger charge is -2.51. The van der Waals surface area contributed by atoms with Crippen LogP contribution in [0.25, 0.3) is 0 Å². The normalized spacial score (nSPS) is 22.2. The molecule has 18 heavy (non-hydrogen) atoms.